The van der Waals surface area contributed by atoms with Crippen molar-refractivity contribution in [3.8, 4) is 0 Å². The fourth-order valence-electron chi connectivity index (χ4n) is 3.95. The first kappa shape index (κ1) is 30.9. The van der Waals surface area contributed by atoms with Crippen molar-refractivity contribution in [1.82, 2.24) is 0 Å². The third-order valence-corrected chi connectivity index (χ3v) is 5.87. The lowest BCUT2D eigenvalue weighted by atomic mass is 9.73. The smallest absolute Gasteiger partial charge is 0.266 e. The molecule has 0 aliphatic carbocycles. The molecule has 0 bridgehead atoms. The molecular formula is C26H50O6. The van der Waals surface area contributed by atoms with Gasteiger partial charge in [0.15, 0.2) is 0 Å². The largest absolute Gasteiger partial charge is 0.349 e. The predicted molar refractivity (Wildman–Crippen MR) is 127 cm³/mol. The quantitative estimate of drug-likeness (QED) is 0.133. The van der Waals surface area contributed by atoms with Gasteiger partial charge in [-0.05, 0) is 48.3 Å². The summed E-state index contributed by atoms with van der Waals surface area (Å²) < 4.78 is 0. The minimum Gasteiger partial charge on any atom is -0.266 e. The van der Waals surface area contributed by atoms with Crippen molar-refractivity contribution in [3.63, 3.8) is 0 Å². The molecule has 0 saturated heterocycles. The Morgan fingerprint density at radius 3 is 1.75 bits per heavy atom. The van der Waals surface area contributed by atoms with Gasteiger partial charge in [-0.1, -0.05) is 94.4 Å². The highest BCUT2D eigenvalue weighted by Gasteiger charge is 2.36. The lowest BCUT2D eigenvalue weighted by Crippen LogP contribution is -2.32. The average molecular weight is 459 g/mol. The molecule has 0 rings (SSSR count). The van der Waals surface area contributed by atoms with Crippen LogP contribution in [-0.4, -0.2) is 11.9 Å². The van der Waals surface area contributed by atoms with Gasteiger partial charge in [0.2, 0.25) is 0 Å². The van der Waals surface area contributed by atoms with E-state index < -0.39 is 11.9 Å². The zero-order valence-corrected chi connectivity index (χ0v) is 22.3. The summed E-state index contributed by atoms with van der Waals surface area (Å²) >= 11 is 0. The fourth-order valence-corrected chi connectivity index (χ4v) is 3.95. The zero-order valence-electron chi connectivity index (χ0n) is 22.3. The van der Waals surface area contributed by atoms with E-state index in [1.807, 2.05) is 0 Å². The number of carbonyl (C=O) groups excluding carboxylic acids is 2. The summed E-state index contributed by atoms with van der Waals surface area (Å²) in [6, 6.07) is 0. The summed E-state index contributed by atoms with van der Waals surface area (Å²) in [5.41, 5.74) is 0.362. The third kappa shape index (κ3) is 16.5. The Hall–Kier alpha value is -1.14. The molecule has 6 nitrogen and oxygen atoms in total. The summed E-state index contributed by atoms with van der Waals surface area (Å²) in [4.78, 5) is 33.7. The van der Waals surface area contributed by atoms with Crippen LogP contribution in [0.2, 0.25) is 0 Å². The molecule has 6 heteroatoms. The molecule has 0 aromatic carbocycles. The van der Waals surface area contributed by atoms with Crippen LogP contribution in [0.3, 0.4) is 0 Å². The van der Waals surface area contributed by atoms with Gasteiger partial charge in [0.25, 0.3) is 0 Å². The molecule has 0 heterocycles. The van der Waals surface area contributed by atoms with Gasteiger partial charge < -0.3 is 0 Å². The topological polar surface area (TPSA) is 71.1 Å². The Balaban J connectivity index is 4.32. The Kier molecular flexibility index (Phi) is 14.4. The van der Waals surface area contributed by atoms with E-state index in [9.17, 15) is 9.59 Å². The number of rotatable bonds is 16. The minimum absolute atomic E-state index is 0.222. The van der Waals surface area contributed by atoms with Crippen LogP contribution in [0.4, 0.5) is 0 Å². The highest BCUT2D eigenvalue weighted by Crippen LogP contribution is 2.37. The normalized spacial score (nSPS) is 13.7. The van der Waals surface area contributed by atoms with Crippen LogP contribution >= 0.6 is 0 Å². The van der Waals surface area contributed by atoms with Gasteiger partial charge in [0.05, 0.1) is 5.92 Å². The predicted octanol–water partition coefficient (Wildman–Crippen LogP) is 7.90. The molecule has 0 spiro atoms. The van der Waals surface area contributed by atoms with Crippen LogP contribution in [-0.2, 0) is 29.4 Å². The first-order valence-electron chi connectivity index (χ1n) is 12.4. The number of hydrogen-bond acceptors (Lipinski definition) is 6. The first-order chi connectivity index (χ1) is 14.7. The number of carbonyl (C=O) groups is 2. The maximum absolute atomic E-state index is 12.7. The first-order valence-corrected chi connectivity index (χ1v) is 12.4. The van der Waals surface area contributed by atoms with Crippen molar-refractivity contribution in [2.45, 2.75) is 133 Å². The van der Waals surface area contributed by atoms with Gasteiger partial charge in [0, 0.05) is 16.5 Å². The molecule has 0 aliphatic heterocycles. The van der Waals surface area contributed by atoms with E-state index in [2.05, 4.69) is 77.3 Å². The van der Waals surface area contributed by atoms with Gasteiger partial charge >= 0.3 is 11.9 Å². The van der Waals surface area contributed by atoms with Crippen molar-refractivity contribution in [1.29, 1.82) is 0 Å². The van der Waals surface area contributed by atoms with Crippen LogP contribution in [0.1, 0.15) is 133 Å². The molecule has 0 aliphatic rings. The van der Waals surface area contributed by atoms with Crippen LogP contribution in [0.15, 0.2) is 0 Å². The lowest BCUT2D eigenvalue weighted by molar-refractivity contribution is -0.601. The highest BCUT2D eigenvalue weighted by molar-refractivity contribution is 5.72. The van der Waals surface area contributed by atoms with Gasteiger partial charge in [-0.25, -0.2) is 9.59 Å². The molecule has 1 atom stereocenters. The van der Waals surface area contributed by atoms with E-state index in [0.717, 1.165) is 64.2 Å². The zero-order chi connectivity index (χ0) is 24.8. The SMILES string of the molecule is CCCC(C)(C)[C@H](CCCCC(C)(C)C)C(=O)OOOOC(=O)CCCCCC(C)(C)C. The van der Waals surface area contributed by atoms with E-state index >= 15 is 0 Å². The van der Waals surface area contributed by atoms with Crippen LogP contribution < -0.4 is 0 Å². The van der Waals surface area contributed by atoms with E-state index in [4.69, 9.17) is 4.89 Å². The van der Waals surface area contributed by atoms with Crippen molar-refractivity contribution < 1.29 is 29.4 Å². The van der Waals surface area contributed by atoms with Crippen LogP contribution in [0, 0.1) is 22.2 Å². The molecule has 0 saturated carbocycles. The summed E-state index contributed by atoms with van der Waals surface area (Å²) in [6.07, 6.45) is 9.79. The summed E-state index contributed by atoms with van der Waals surface area (Å²) in [5, 5.41) is 8.84. The van der Waals surface area contributed by atoms with Gasteiger partial charge in [-0.15, -0.1) is 0 Å². The van der Waals surface area contributed by atoms with Crippen molar-refractivity contribution >= 4 is 11.9 Å². The van der Waals surface area contributed by atoms with Crippen LogP contribution in [0.5, 0.6) is 0 Å². The molecule has 0 aromatic rings. The summed E-state index contributed by atoms with van der Waals surface area (Å²) in [5.74, 6) is -1.34. The molecular weight excluding hydrogens is 408 g/mol. The maximum atomic E-state index is 12.7. The standard InChI is InChI=1S/C26H50O6/c1-10-18-26(8,9)21(16-13-15-20-25(5,6)7)23(28)30-32-31-29-22(27)17-12-11-14-19-24(2,3)4/h21H,10-20H2,1-9H3/t21-/m1/s1. The van der Waals surface area contributed by atoms with E-state index in [-0.39, 0.29) is 23.2 Å². The molecule has 0 aromatic heterocycles. The lowest BCUT2D eigenvalue weighted by Gasteiger charge is -2.32. The Labute approximate surface area is 196 Å². The molecule has 0 amide bonds. The number of unbranched alkanes of at least 4 members (excludes halogenated alkanes) is 3. The monoisotopic (exact) mass is 458 g/mol. The minimum atomic E-state index is -0.540. The maximum Gasteiger partial charge on any atom is 0.349 e. The second kappa shape index (κ2) is 14.9. The fraction of sp³-hybridized carbons (Fsp3) is 0.923. The molecule has 0 unspecified atom stereocenters. The van der Waals surface area contributed by atoms with Gasteiger partial charge in [-0.2, -0.15) is 0 Å². The molecule has 0 N–H and O–H groups in total. The average Bonchev–Trinajstić information content (AvgIpc) is 2.62. The Morgan fingerprint density at radius 2 is 1.22 bits per heavy atom. The summed E-state index contributed by atoms with van der Waals surface area (Å²) in [7, 11) is 0. The van der Waals surface area contributed by atoms with E-state index in [0.29, 0.717) is 5.41 Å². The molecule has 32 heavy (non-hydrogen) atoms. The summed E-state index contributed by atoms with van der Waals surface area (Å²) in [6.45, 7) is 19.5. The van der Waals surface area contributed by atoms with Crippen LogP contribution in [0.25, 0.3) is 0 Å². The van der Waals surface area contributed by atoms with E-state index in [1.165, 1.54) is 0 Å². The highest BCUT2D eigenvalue weighted by atomic mass is 17.7. The van der Waals surface area contributed by atoms with Crippen molar-refractivity contribution in [2.24, 2.45) is 22.2 Å². The second-order valence-electron chi connectivity index (χ2n) is 12.2. The second-order valence-corrected chi connectivity index (χ2v) is 12.2. The Morgan fingerprint density at radius 1 is 0.688 bits per heavy atom. The van der Waals surface area contributed by atoms with Crippen molar-refractivity contribution in [3.05, 3.63) is 0 Å². The third-order valence-electron chi connectivity index (χ3n) is 5.87. The molecule has 0 fully saturated rings. The van der Waals surface area contributed by atoms with Gasteiger partial charge in [0.1, 0.15) is 0 Å². The Bertz CT molecular complexity index is 527. The van der Waals surface area contributed by atoms with Gasteiger partial charge in [-0.3, -0.25) is 9.78 Å². The molecule has 190 valence electrons. The number of hydrogen-bond donors (Lipinski definition) is 0. The van der Waals surface area contributed by atoms with Crippen molar-refractivity contribution in [2.75, 3.05) is 0 Å². The van der Waals surface area contributed by atoms with E-state index in [1.54, 1.807) is 0 Å². The molecule has 0 radical (unpaired) electrons.